The van der Waals surface area contributed by atoms with Gasteiger partial charge in [0.1, 0.15) is 5.75 Å². The van der Waals surface area contributed by atoms with Gasteiger partial charge in [0.15, 0.2) is 5.69 Å². The summed E-state index contributed by atoms with van der Waals surface area (Å²) in [7, 11) is 0. The van der Waals surface area contributed by atoms with Crippen molar-refractivity contribution in [3.63, 3.8) is 0 Å². The van der Waals surface area contributed by atoms with Crippen LogP contribution in [0.15, 0.2) is 30.5 Å². The highest BCUT2D eigenvalue weighted by Crippen LogP contribution is 2.31. The van der Waals surface area contributed by atoms with Crippen LogP contribution in [0.2, 0.25) is 0 Å². The van der Waals surface area contributed by atoms with Gasteiger partial charge >= 0.3 is 12.8 Å². The van der Waals surface area contributed by atoms with Crippen molar-refractivity contribution >= 4 is 0 Å². The Morgan fingerprint density at radius 3 is 2.48 bits per heavy atom. The summed E-state index contributed by atoms with van der Waals surface area (Å²) >= 11 is 0. The number of rotatable bonds is 6. The van der Waals surface area contributed by atoms with Crippen LogP contribution in [-0.4, -0.2) is 28.1 Å². The summed E-state index contributed by atoms with van der Waals surface area (Å²) in [5.41, 5.74) is -0.995. The minimum Gasteiger partial charge on any atom is -0.434 e. The summed E-state index contributed by atoms with van der Waals surface area (Å²) in [6.45, 7) is -3.67. The minimum absolute atomic E-state index is 0.129. The van der Waals surface area contributed by atoms with E-state index < -0.39 is 25.1 Å². The topological polar surface area (TPSA) is 47.3 Å². The number of ether oxygens (including phenoxy) is 1. The number of alkyl halides is 5. The molecule has 2 rings (SSSR count). The zero-order valence-electron chi connectivity index (χ0n) is 11.7. The maximum Gasteiger partial charge on any atom is 0.435 e. The predicted octanol–water partition coefficient (Wildman–Crippen LogP) is 3.09. The fraction of sp³-hybridized carbons (Fsp3) is 0.357. The van der Waals surface area contributed by atoms with Crippen LogP contribution in [0.3, 0.4) is 0 Å². The Morgan fingerprint density at radius 1 is 1.17 bits per heavy atom. The Kier molecular flexibility index (Phi) is 5.19. The lowest BCUT2D eigenvalue weighted by molar-refractivity contribution is -0.142. The summed E-state index contributed by atoms with van der Waals surface area (Å²) in [6.07, 6.45) is -3.73. The molecule has 1 aromatic carbocycles. The van der Waals surface area contributed by atoms with Gasteiger partial charge in [0.2, 0.25) is 0 Å². The van der Waals surface area contributed by atoms with E-state index in [-0.39, 0.29) is 29.8 Å². The van der Waals surface area contributed by atoms with E-state index in [9.17, 15) is 22.0 Å². The first-order valence-electron chi connectivity index (χ1n) is 6.58. The molecule has 0 spiro atoms. The van der Waals surface area contributed by atoms with Crippen molar-refractivity contribution in [2.45, 2.75) is 25.8 Å². The highest BCUT2D eigenvalue weighted by molar-refractivity contribution is 5.34. The zero-order valence-corrected chi connectivity index (χ0v) is 11.7. The minimum atomic E-state index is -4.66. The van der Waals surface area contributed by atoms with E-state index in [0.717, 1.165) is 10.9 Å². The standard InChI is InChI=1S/C14H13F5N2O2/c15-13(16)23-11-4-2-1-3-9(11)7-21-8-10(5-6-22)12(20-21)14(17,18)19/h1-4,8,13,22H,5-7H2. The Labute approximate surface area is 128 Å². The summed E-state index contributed by atoms with van der Waals surface area (Å²) in [6, 6.07) is 5.78. The SMILES string of the molecule is OCCc1cn(Cc2ccccc2OC(F)F)nc1C(F)(F)F. The quantitative estimate of drug-likeness (QED) is 0.825. The fourth-order valence-corrected chi connectivity index (χ4v) is 2.11. The smallest absolute Gasteiger partial charge is 0.434 e. The number of para-hydroxylation sites is 1. The van der Waals surface area contributed by atoms with Crippen molar-refractivity contribution in [2.75, 3.05) is 6.61 Å². The van der Waals surface area contributed by atoms with Crippen LogP contribution in [0.4, 0.5) is 22.0 Å². The van der Waals surface area contributed by atoms with Crippen LogP contribution in [0.5, 0.6) is 5.75 Å². The van der Waals surface area contributed by atoms with Gasteiger partial charge in [-0.15, -0.1) is 0 Å². The molecule has 0 saturated carbocycles. The third kappa shape index (κ3) is 4.41. The third-order valence-corrected chi connectivity index (χ3v) is 3.01. The van der Waals surface area contributed by atoms with Crippen LogP contribution in [0, 0.1) is 0 Å². The van der Waals surface area contributed by atoms with Crippen molar-refractivity contribution < 1.29 is 31.8 Å². The monoisotopic (exact) mass is 336 g/mol. The molecule has 0 fully saturated rings. The molecule has 126 valence electrons. The fourth-order valence-electron chi connectivity index (χ4n) is 2.11. The van der Waals surface area contributed by atoms with Crippen LogP contribution in [0.1, 0.15) is 16.8 Å². The van der Waals surface area contributed by atoms with Crippen LogP contribution in [-0.2, 0) is 19.1 Å². The number of halogens is 5. The van der Waals surface area contributed by atoms with Crippen molar-refractivity contribution in [1.82, 2.24) is 9.78 Å². The highest BCUT2D eigenvalue weighted by Gasteiger charge is 2.36. The molecular formula is C14H13F5N2O2. The molecular weight excluding hydrogens is 323 g/mol. The van der Waals surface area contributed by atoms with Crippen LogP contribution >= 0.6 is 0 Å². The Hall–Kier alpha value is -2.16. The second kappa shape index (κ2) is 6.95. The molecule has 1 N–H and O–H groups in total. The van der Waals surface area contributed by atoms with Gasteiger partial charge in [-0.3, -0.25) is 4.68 Å². The van der Waals surface area contributed by atoms with Crippen molar-refractivity contribution in [2.24, 2.45) is 0 Å². The second-order valence-corrected chi connectivity index (χ2v) is 4.66. The molecule has 0 aliphatic rings. The number of hydrogen-bond acceptors (Lipinski definition) is 3. The van der Waals surface area contributed by atoms with Gasteiger partial charge in [-0.25, -0.2) is 0 Å². The Bertz CT molecular complexity index is 655. The lowest BCUT2D eigenvalue weighted by Gasteiger charge is -2.10. The molecule has 0 unspecified atom stereocenters. The molecule has 9 heteroatoms. The van der Waals surface area contributed by atoms with Gasteiger partial charge in [-0.05, 0) is 12.5 Å². The van der Waals surface area contributed by atoms with E-state index in [0.29, 0.717) is 0 Å². The van der Waals surface area contributed by atoms with E-state index in [1.54, 1.807) is 6.07 Å². The van der Waals surface area contributed by atoms with E-state index in [1.807, 2.05) is 0 Å². The number of benzene rings is 1. The molecule has 0 atom stereocenters. The number of aliphatic hydroxyl groups excluding tert-OH is 1. The maximum absolute atomic E-state index is 12.9. The van der Waals surface area contributed by atoms with Crippen molar-refractivity contribution in [3.05, 3.63) is 47.3 Å². The molecule has 0 bridgehead atoms. The average molecular weight is 336 g/mol. The number of aromatic nitrogens is 2. The summed E-state index contributed by atoms with van der Waals surface area (Å²) < 4.78 is 68.7. The van der Waals surface area contributed by atoms with Crippen molar-refractivity contribution in [1.29, 1.82) is 0 Å². The molecule has 0 radical (unpaired) electrons. The molecule has 2 aromatic rings. The molecule has 1 heterocycles. The summed E-state index contributed by atoms with van der Waals surface area (Å²) in [5.74, 6) is -0.129. The Balaban J connectivity index is 2.30. The average Bonchev–Trinajstić information content (AvgIpc) is 2.84. The van der Waals surface area contributed by atoms with E-state index >= 15 is 0 Å². The van der Waals surface area contributed by atoms with Gasteiger partial charge in [-0.1, -0.05) is 18.2 Å². The molecule has 0 saturated heterocycles. The highest BCUT2D eigenvalue weighted by atomic mass is 19.4. The van der Waals surface area contributed by atoms with Gasteiger partial charge in [0.25, 0.3) is 0 Å². The third-order valence-electron chi connectivity index (χ3n) is 3.01. The van der Waals surface area contributed by atoms with Crippen LogP contribution in [0.25, 0.3) is 0 Å². The van der Waals surface area contributed by atoms with E-state index in [1.165, 1.54) is 18.2 Å². The number of aliphatic hydroxyl groups is 1. The van der Waals surface area contributed by atoms with E-state index in [4.69, 9.17) is 5.11 Å². The van der Waals surface area contributed by atoms with Gasteiger partial charge in [0, 0.05) is 23.9 Å². The number of nitrogens with zero attached hydrogens (tertiary/aromatic N) is 2. The van der Waals surface area contributed by atoms with E-state index in [2.05, 4.69) is 9.84 Å². The van der Waals surface area contributed by atoms with Crippen molar-refractivity contribution in [3.8, 4) is 5.75 Å². The lowest BCUT2D eigenvalue weighted by atomic mass is 10.2. The number of hydrogen-bond donors (Lipinski definition) is 1. The largest absolute Gasteiger partial charge is 0.435 e. The molecule has 1 aromatic heterocycles. The Morgan fingerprint density at radius 2 is 1.87 bits per heavy atom. The van der Waals surface area contributed by atoms with Gasteiger partial charge in [-0.2, -0.15) is 27.1 Å². The van der Waals surface area contributed by atoms with Gasteiger partial charge < -0.3 is 9.84 Å². The first-order chi connectivity index (χ1) is 10.8. The normalized spacial score (nSPS) is 12.0. The molecule has 0 aliphatic carbocycles. The molecule has 0 amide bonds. The summed E-state index contributed by atoms with van der Waals surface area (Å²) in [5, 5.41) is 12.3. The van der Waals surface area contributed by atoms with Gasteiger partial charge in [0.05, 0.1) is 6.54 Å². The summed E-state index contributed by atoms with van der Waals surface area (Å²) in [4.78, 5) is 0. The molecule has 23 heavy (non-hydrogen) atoms. The zero-order chi connectivity index (χ0) is 17.0. The first-order valence-corrected chi connectivity index (χ1v) is 6.58. The first kappa shape index (κ1) is 17.2. The van der Waals surface area contributed by atoms with Crippen LogP contribution < -0.4 is 4.74 Å². The predicted molar refractivity (Wildman–Crippen MR) is 70.2 cm³/mol. The molecule has 0 aliphatic heterocycles. The molecule has 4 nitrogen and oxygen atoms in total. The lowest BCUT2D eigenvalue weighted by Crippen LogP contribution is -2.11. The second-order valence-electron chi connectivity index (χ2n) is 4.66. The maximum atomic E-state index is 12.9.